The van der Waals surface area contributed by atoms with Gasteiger partial charge in [-0.1, -0.05) is 122 Å². The zero-order valence-electron chi connectivity index (χ0n) is 26.5. The Hall–Kier alpha value is -1.94. The number of esters is 4. The van der Waals surface area contributed by atoms with Crippen molar-refractivity contribution in [1.82, 2.24) is 0 Å². The van der Waals surface area contributed by atoms with E-state index < -0.39 is 46.5 Å². The minimum absolute atomic E-state index is 0.107. The van der Waals surface area contributed by atoms with Crippen LogP contribution in [0.4, 0.5) is 0 Å². The summed E-state index contributed by atoms with van der Waals surface area (Å²) in [6.45, 7) is 4.59. The van der Waals surface area contributed by atoms with Gasteiger partial charge in [0.25, 0.3) is 0 Å². The number of rotatable bonds is 8. The second-order valence-electron chi connectivity index (χ2n) is 12.7. The first-order valence-corrected chi connectivity index (χ1v) is 18.2. The number of hydrogen-bond acceptors (Lipinski definition) is 8. The Labute approximate surface area is 309 Å². The van der Waals surface area contributed by atoms with Gasteiger partial charge in [0.1, 0.15) is 11.1 Å². The quantitative estimate of drug-likeness (QED) is 0.0856. The Morgan fingerprint density at radius 2 is 0.938 bits per heavy atom. The van der Waals surface area contributed by atoms with E-state index in [1.165, 1.54) is 0 Å². The molecule has 0 N–H and O–H groups in total. The summed E-state index contributed by atoms with van der Waals surface area (Å²) in [6.07, 6.45) is 9.82. The molecule has 0 spiro atoms. The molecule has 0 aliphatic heterocycles. The molecule has 14 heteroatoms. The van der Waals surface area contributed by atoms with Crippen LogP contribution in [0.1, 0.15) is 98.8 Å². The van der Waals surface area contributed by atoms with Gasteiger partial charge in [0.15, 0.2) is 11.5 Å². The van der Waals surface area contributed by atoms with Gasteiger partial charge in [0, 0.05) is 0 Å². The normalized spacial score (nSPS) is 21.4. The van der Waals surface area contributed by atoms with Crippen molar-refractivity contribution < 1.29 is 38.1 Å². The standard InChI is InChI=1S/C34H36Cl6O8/c1-17-5-3-7-19(11-9-17)15-45-31(41)25-27(39)21(35)13-23(37)29(25)47-33(43)34(44)48-30-24(38)14-22(36)28(40)26(30)32(42)46-16-20-8-4-6-18(2)10-12-20/h13-14,17-20H,3-12,15-16H2,1-2H3. The molecule has 0 saturated heterocycles. The molecule has 262 valence electrons. The van der Waals surface area contributed by atoms with Crippen LogP contribution >= 0.6 is 69.6 Å². The first-order valence-electron chi connectivity index (χ1n) is 15.9. The van der Waals surface area contributed by atoms with Crippen LogP contribution in [-0.2, 0) is 19.1 Å². The highest BCUT2D eigenvalue weighted by Gasteiger charge is 2.33. The third kappa shape index (κ3) is 10.1. The van der Waals surface area contributed by atoms with Crippen LogP contribution in [0.2, 0.25) is 30.1 Å². The number of ether oxygens (including phenoxy) is 4. The topological polar surface area (TPSA) is 105 Å². The molecule has 8 nitrogen and oxygen atoms in total. The van der Waals surface area contributed by atoms with Gasteiger partial charge in [-0.05, 0) is 61.5 Å². The van der Waals surface area contributed by atoms with Crippen molar-refractivity contribution in [2.24, 2.45) is 23.7 Å². The van der Waals surface area contributed by atoms with Crippen molar-refractivity contribution in [3.8, 4) is 11.5 Å². The van der Waals surface area contributed by atoms with Crippen molar-refractivity contribution in [1.29, 1.82) is 0 Å². The average Bonchev–Trinajstić information content (AvgIpc) is 3.38. The summed E-state index contributed by atoms with van der Waals surface area (Å²) < 4.78 is 21.5. The zero-order chi connectivity index (χ0) is 35.1. The lowest BCUT2D eigenvalue weighted by Crippen LogP contribution is -2.27. The van der Waals surface area contributed by atoms with E-state index in [-0.39, 0.29) is 55.2 Å². The Kier molecular flexibility index (Phi) is 14.4. The molecule has 4 unspecified atom stereocenters. The Balaban J connectivity index is 1.51. The van der Waals surface area contributed by atoms with Crippen molar-refractivity contribution >= 4 is 93.5 Å². The van der Waals surface area contributed by atoms with Crippen molar-refractivity contribution in [3.05, 3.63) is 53.4 Å². The third-order valence-electron chi connectivity index (χ3n) is 8.87. The van der Waals surface area contributed by atoms with E-state index >= 15 is 0 Å². The minimum atomic E-state index is -1.63. The summed E-state index contributed by atoms with van der Waals surface area (Å²) in [5.74, 6) is -4.82. The SMILES string of the molecule is CC1CCCC(COC(=O)c2c(Cl)c(Cl)cc(Cl)c2OC(=O)C(=O)Oc2c(Cl)cc(Cl)c(Cl)c2C(=O)OCC2CCCC(C)CC2)CC1. The number of hydrogen-bond donors (Lipinski definition) is 0. The molecule has 2 aliphatic rings. The lowest BCUT2D eigenvalue weighted by atomic mass is 10.00. The van der Waals surface area contributed by atoms with Crippen molar-refractivity contribution in [3.63, 3.8) is 0 Å². The molecule has 0 aromatic heterocycles. The van der Waals surface area contributed by atoms with E-state index in [1.54, 1.807) is 0 Å². The molecule has 0 bridgehead atoms. The molecule has 4 rings (SSSR count). The second-order valence-corrected chi connectivity index (χ2v) is 15.0. The van der Waals surface area contributed by atoms with E-state index in [4.69, 9.17) is 88.6 Å². The highest BCUT2D eigenvalue weighted by atomic mass is 35.5. The van der Waals surface area contributed by atoms with Crippen LogP contribution < -0.4 is 9.47 Å². The van der Waals surface area contributed by atoms with Gasteiger partial charge in [-0.25, -0.2) is 19.2 Å². The zero-order valence-corrected chi connectivity index (χ0v) is 31.0. The van der Waals surface area contributed by atoms with Crippen LogP contribution in [0.25, 0.3) is 0 Å². The monoisotopic (exact) mass is 782 g/mol. The minimum Gasteiger partial charge on any atom is -0.462 e. The summed E-state index contributed by atoms with van der Waals surface area (Å²) in [6, 6.07) is 2.28. The van der Waals surface area contributed by atoms with Gasteiger partial charge in [-0.15, -0.1) is 0 Å². The van der Waals surface area contributed by atoms with Crippen LogP contribution in [-0.4, -0.2) is 37.1 Å². The molecule has 4 atom stereocenters. The number of halogens is 6. The van der Waals surface area contributed by atoms with E-state index in [0.717, 1.165) is 76.3 Å². The smallest absolute Gasteiger partial charge is 0.423 e. The van der Waals surface area contributed by atoms with Crippen molar-refractivity contribution in [2.45, 2.75) is 78.1 Å². The summed E-state index contributed by atoms with van der Waals surface area (Å²) in [5, 5.41) is -1.40. The molecule has 2 aliphatic carbocycles. The lowest BCUT2D eigenvalue weighted by Gasteiger charge is -2.18. The summed E-state index contributed by atoms with van der Waals surface area (Å²) in [4.78, 5) is 52.6. The van der Waals surface area contributed by atoms with E-state index in [1.807, 2.05) is 0 Å². The van der Waals surface area contributed by atoms with E-state index in [9.17, 15) is 19.2 Å². The van der Waals surface area contributed by atoms with Gasteiger partial charge >= 0.3 is 23.9 Å². The van der Waals surface area contributed by atoms with E-state index in [0.29, 0.717) is 11.8 Å². The van der Waals surface area contributed by atoms with Crippen LogP contribution in [0, 0.1) is 23.7 Å². The first-order chi connectivity index (χ1) is 22.8. The predicted molar refractivity (Wildman–Crippen MR) is 186 cm³/mol. The molecule has 2 aromatic carbocycles. The fourth-order valence-electron chi connectivity index (χ4n) is 5.98. The molecular weight excluding hydrogens is 749 g/mol. The molecule has 2 aromatic rings. The molecule has 0 radical (unpaired) electrons. The van der Waals surface area contributed by atoms with Crippen LogP contribution in [0.3, 0.4) is 0 Å². The molecule has 0 heterocycles. The van der Waals surface area contributed by atoms with Gasteiger partial charge in [0.05, 0.1) is 43.3 Å². The number of benzene rings is 2. The maximum Gasteiger partial charge on any atom is 0.423 e. The molecule has 48 heavy (non-hydrogen) atoms. The Morgan fingerprint density at radius 3 is 1.31 bits per heavy atom. The first kappa shape index (κ1) is 38.9. The highest BCUT2D eigenvalue weighted by Crippen LogP contribution is 2.42. The Morgan fingerprint density at radius 1 is 0.562 bits per heavy atom. The second kappa shape index (κ2) is 17.8. The lowest BCUT2D eigenvalue weighted by molar-refractivity contribution is -0.156. The van der Waals surface area contributed by atoms with Crippen LogP contribution in [0.15, 0.2) is 12.1 Å². The van der Waals surface area contributed by atoms with Gasteiger partial charge < -0.3 is 18.9 Å². The van der Waals surface area contributed by atoms with Gasteiger partial charge in [-0.2, -0.15) is 0 Å². The molecule has 2 saturated carbocycles. The molecule has 2 fully saturated rings. The highest BCUT2D eigenvalue weighted by molar-refractivity contribution is 6.47. The number of carbonyl (C=O) groups excluding carboxylic acids is 4. The maximum absolute atomic E-state index is 13.2. The average molecular weight is 785 g/mol. The molecular formula is C34H36Cl6O8. The molecule has 0 amide bonds. The van der Waals surface area contributed by atoms with Crippen LogP contribution in [0.5, 0.6) is 11.5 Å². The predicted octanol–water partition coefficient (Wildman–Crippen LogP) is 10.9. The summed E-state index contributed by atoms with van der Waals surface area (Å²) in [5.41, 5.74) is -0.885. The largest absolute Gasteiger partial charge is 0.462 e. The third-order valence-corrected chi connectivity index (χ3v) is 11.0. The summed E-state index contributed by atoms with van der Waals surface area (Å²) >= 11 is 37.6. The fourth-order valence-corrected chi connectivity index (χ4v) is 7.42. The van der Waals surface area contributed by atoms with E-state index in [2.05, 4.69) is 13.8 Å². The fraction of sp³-hybridized carbons (Fsp3) is 0.529. The van der Waals surface area contributed by atoms with Gasteiger partial charge in [0.2, 0.25) is 0 Å². The van der Waals surface area contributed by atoms with Crippen molar-refractivity contribution in [2.75, 3.05) is 13.2 Å². The maximum atomic E-state index is 13.2. The number of carbonyl (C=O) groups is 4. The Bertz CT molecular complexity index is 1430. The van der Waals surface area contributed by atoms with Gasteiger partial charge in [-0.3, -0.25) is 0 Å². The summed E-state index contributed by atoms with van der Waals surface area (Å²) in [7, 11) is 0.